The van der Waals surface area contributed by atoms with E-state index < -0.39 is 6.29 Å². The van der Waals surface area contributed by atoms with E-state index in [2.05, 4.69) is 19.2 Å². The molecule has 0 bridgehead atoms. The molecule has 1 aliphatic heterocycles. The molecule has 1 fully saturated rings. The highest BCUT2D eigenvalue weighted by molar-refractivity contribution is 7.99. The van der Waals surface area contributed by atoms with Crippen molar-refractivity contribution in [1.82, 2.24) is 0 Å². The van der Waals surface area contributed by atoms with Crippen molar-refractivity contribution in [2.24, 2.45) is 5.92 Å². The third-order valence-electron chi connectivity index (χ3n) is 9.40. The van der Waals surface area contributed by atoms with E-state index in [-0.39, 0.29) is 30.6 Å². The van der Waals surface area contributed by atoms with Gasteiger partial charge in [-0.1, -0.05) is 139 Å². The number of nitrogens with one attached hydrogen (secondary N) is 1. The van der Waals surface area contributed by atoms with Crippen LogP contribution in [0.1, 0.15) is 133 Å². The van der Waals surface area contributed by atoms with Gasteiger partial charge in [0.2, 0.25) is 5.91 Å². The molecule has 1 unspecified atom stereocenters. The lowest BCUT2D eigenvalue weighted by molar-refractivity contribution is -0.268. The van der Waals surface area contributed by atoms with Gasteiger partial charge in [0.15, 0.2) is 6.29 Å². The molecule has 262 valence electrons. The zero-order chi connectivity index (χ0) is 34.0. The second-order valence-electron chi connectivity index (χ2n) is 13.3. The fraction of sp³-hybridized carbons (Fsp3) is 0.537. The fourth-order valence-corrected chi connectivity index (χ4v) is 7.52. The van der Waals surface area contributed by atoms with Crippen molar-refractivity contribution in [1.29, 1.82) is 0 Å². The number of hydrogen-bond acceptors (Lipinski definition) is 6. The Kier molecular flexibility index (Phi) is 16.8. The third-order valence-corrected chi connectivity index (χ3v) is 10.6. The second-order valence-corrected chi connectivity index (χ2v) is 14.4. The Bertz CT molecular complexity index is 1350. The molecule has 7 heteroatoms. The summed E-state index contributed by atoms with van der Waals surface area (Å²) in [6.45, 7) is 4.43. The lowest BCUT2D eigenvalue weighted by Gasteiger charge is -2.41. The number of rotatable bonds is 21. The average molecular weight is 675 g/mol. The van der Waals surface area contributed by atoms with E-state index in [0.717, 1.165) is 51.6 Å². The number of aliphatic hydroxyl groups is 1. The molecule has 1 heterocycles. The molecule has 1 saturated heterocycles. The van der Waals surface area contributed by atoms with Crippen molar-refractivity contribution in [3.63, 3.8) is 0 Å². The first-order valence-electron chi connectivity index (χ1n) is 18.4. The molecule has 1 amide bonds. The van der Waals surface area contributed by atoms with Crippen LogP contribution in [0.3, 0.4) is 0 Å². The van der Waals surface area contributed by atoms with E-state index in [1.165, 1.54) is 70.6 Å². The molecule has 4 N–H and O–H groups in total. The van der Waals surface area contributed by atoms with Crippen LogP contribution < -0.4 is 11.1 Å². The van der Waals surface area contributed by atoms with Crippen molar-refractivity contribution in [3.8, 4) is 0 Å². The summed E-state index contributed by atoms with van der Waals surface area (Å²) in [5, 5.41) is 12.7. The second kappa shape index (κ2) is 21.3. The minimum atomic E-state index is -0.597. The van der Waals surface area contributed by atoms with Crippen molar-refractivity contribution >= 4 is 29.0 Å². The molecule has 0 radical (unpaired) electrons. The van der Waals surface area contributed by atoms with Gasteiger partial charge in [-0.25, -0.2) is 0 Å². The van der Waals surface area contributed by atoms with Crippen molar-refractivity contribution in [3.05, 3.63) is 89.5 Å². The topological polar surface area (TPSA) is 93.8 Å². The first-order valence-corrected chi connectivity index (χ1v) is 19.3. The zero-order valence-electron chi connectivity index (χ0n) is 29.2. The van der Waals surface area contributed by atoms with Crippen LogP contribution in [-0.2, 0) is 20.9 Å². The molecular weight excluding hydrogens is 617 g/mol. The number of thioether (sulfide) groups is 1. The van der Waals surface area contributed by atoms with Gasteiger partial charge < -0.3 is 25.6 Å². The third kappa shape index (κ3) is 12.6. The van der Waals surface area contributed by atoms with Crippen molar-refractivity contribution < 1.29 is 19.4 Å². The molecule has 3 aromatic rings. The van der Waals surface area contributed by atoms with Crippen LogP contribution in [-0.4, -0.2) is 22.9 Å². The molecule has 1 aliphatic rings. The van der Waals surface area contributed by atoms with Crippen LogP contribution >= 0.6 is 11.8 Å². The van der Waals surface area contributed by atoms with E-state index in [4.69, 9.17) is 15.2 Å². The monoisotopic (exact) mass is 674 g/mol. The highest BCUT2D eigenvalue weighted by atomic mass is 32.2. The number of ether oxygens (including phenoxy) is 2. The smallest absolute Gasteiger partial charge is 0.224 e. The van der Waals surface area contributed by atoms with Crippen LogP contribution in [0.15, 0.2) is 77.7 Å². The number of carbonyl (C=O) groups excluding carboxylic acids is 1. The van der Waals surface area contributed by atoms with Crippen molar-refractivity contribution in [2.45, 2.75) is 134 Å². The SMILES string of the molecule is CCCCCCCCCCCCCCCC(=O)Nc1cccc(C2O[C@H](CSc3ccccc3N)[C@H](C)[C@H](c3ccc(CO)cc3)O2)c1. The number of carbonyl (C=O) groups is 1. The summed E-state index contributed by atoms with van der Waals surface area (Å²) in [5.74, 6) is 0.837. The molecule has 0 aromatic heterocycles. The Balaban J connectivity index is 1.27. The molecule has 48 heavy (non-hydrogen) atoms. The van der Waals surface area contributed by atoms with E-state index in [1.54, 1.807) is 11.8 Å². The quantitative estimate of drug-likeness (QED) is 0.0591. The summed E-state index contributed by atoms with van der Waals surface area (Å²) in [6, 6.07) is 23.7. The van der Waals surface area contributed by atoms with Gasteiger partial charge in [0.25, 0.3) is 0 Å². The molecule has 0 saturated carbocycles. The first kappa shape index (κ1) is 38.0. The Morgan fingerprint density at radius 3 is 2.08 bits per heavy atom. The normalized spacial score (nSPS) is 19.3. The Labute approximate surface area is 293 Å². The van der Waals surface area contributed by atoms with Crippen LogP contribution in [0.2, 0.25) is 0 Å². The Morgan fingerprint density at radius 1 is 0.792 bits per heavy atom. The summed E-state index contributed by atoms with van der Waals surface area (Å²) in [7, 11) is 0. The maximum atomic E-state index is 12.8. The van der Waals surface area contributed by atoms with E-state index in [1.807, 2.05) is 72.8 Å². The summed E-state index contributed by atoms with van der Waals surface area (Å²) in [6.07, 6.45) is 16.4. The largest absolute Gasteiger partial charge is 0.398 e. The zero-order valence-corrected chi connectivity index (χ0v) is 30.0. The number of hydrogen-bond donors (Lipinski definition) is 3. The summed E-state index contributed by atoms with van der Waals surface area (Å²) < 4.78 is 13.3. The molecule has 0 spiro atoms. The molecule has 0 aliphatic carbocycles. The number of nitrogen functional groups attached to an aromatic ring is 1. The minimum absolute atomic E-state index is 0.00270. The van der Waals surface area contributed by atoms with Crippen LogP contribution in [0, 0.1) is 5.92 Å². The molecule has 4 rings (SSSR count). The van der Waals surface area contributed by atoms with Crippen LogP contribution in [0.4, 0.5) is 11.4 Å². The lowest BCUT2D eigenvalue weighted by atomic mass is 9.91. The number of unbranched alkanes of at least 4 members (excludes halogenated alkanes) is 12. The maximum Gasteiger partial charge on any atom is 0.224 e. The van der Waals surface area contributed by atoms with Crippen LogP contribution in [0.5, 0.6) is 0 Å². The molecule has 4 atom stereocenters. The number of amides is 1. The lowest BCUT2D eigenvalue weighted by Crippen LogP contribution is -2.38. The summed E-state index contributed by atoms with van der Waals surface area (Å²) >= 11 is 1.69. The average Bonchev–Trinajstić information content (AvgIpc) is 3.10. The highest BCUT2D eigenvalue weighted by Crippen LogP contribution is 2.43. The Morgan fingerprint density at radius 2 is 1.44 bits per heavy atom. The van der Waals surface area contributed by atoms with Gasteiger partial charge in [0.1, 0.15) is 0 Å². The van der Waals surface area contributed by atoms with Gasteiger partial charge in [0, 0.05) is 39.9 Å². The highest BCUT2D eigenvalue weighted by Gasteiger charge is 2.38. The minimum Gasteiger partial charge on any atom is -0.398 e. The molecule has 6 nitrogen and oxygen atoms in total. The van der Waals surface area contributed by atoms with E-state index >= 15 is 0 Å². The van der Waals surface area contributed by atoms with Gasteiger partial charge in [-0.3, -0.25) is 4.79 Å². The molecule has 3 aromatic carbocycles. The van der Waals surface area contributed by atoms with E-state index in [0.29, 0.717) is 6.42 Å². The first-order chi connectivity index (χ1) is 23.5. The standard InChI is InChI=1S/C41H58N2O4S/c1-3-4-5-6-7-8-9-10-11-12-13-14-15-23-39(45)43-35-20-18-19-34(28-35)41-46-37(30-48-38-22-17-16-21-36(38)42)31(2)40(47-41)33-26-24-32(29-44)25-27-33/h16-22,24-28,31,37,40-41,44H,3-15,23,29-30,42H2,1-2H3,(H,43,45)/t31-,37+,40+,41?/m0/s1. The predicted molar refractivity (Wildman–Crippen MR) is 200 cm³/mol. The maximum absolute atomic E-state index is 12.8. The predicted octanol–water partition coefficient (Wildman–Crippen LogP) is 10.8. The van der Waals surface area contributed by atoms with Crippen LogP contribution in [0.25, 0.3) is 0 Å². The van der Waals surface area contributed by atoms with Gasteiger partial charge in [0.05, 0.1) is 18.8 Å². The van der Waals surface area contributed by atoms with E-state index in [9.17, 15) is 9.90 Å². The van der Waals surface area contributed by atoms with Crippen molar-refractivity contribution in [2.75, 3.05) is 16.8 Å². The number of anilines is 2. The fourth-order valence-electron chi connectivity index (χ4n) is 6.38. The van der Waals surface area contributed by atoms with Gasteiger partial charge in [-0.2, -0.15) is 0 Å². The number of benzene rings is 3. The number of aliphatic hydroxyl groups excluding tert-OH is 1. The van der Waals surface area contributed by atoms with Gasteiger partial charge in [-0.05, 0) is 41.8 Å². The Hall–Kier alpha value is -2.84. The summed E-state index contributed by atoms with van der Waals surface area (Å²) in [5.41, 5.74) is 10.5. The molecular formula is C41H58N2O4S. The number of para-hydroxylation sites is 1. The summed E-state index contributed by atoms with van der Waals surface area (Å²) in [4.78, 5) is 13.9. The van der Waals surface area contributed by atoms with Gasteiger partial charge in [-0.15, -0.1) is 11.8 Å². The van der Waals surface area contributed by atoms with Gasteiger partial charge >= 0.3 is 0 Å². The number of nitrogens with two attached hydrogens (primary N) is 1.